The molecule has 0 atom stereocenters. The first kappa shape index (κ1) is 11.4. The van der Waals surface area contributed by atoms with E-state index in [9.17, 15) is 4.79 Å². The highest BCUT2D eigenvalue weighted by Gasteiger charge is 2.06. The van der Waals surface area contributed by atoms with E-state index in [1.807, 2.05) is 24.3 Å². The maximum absolute atomic E-state index is 11.5. The van der Waals surface area contributed by atoms with Crippen LogP contribution in [-0.4, -0.2) is 12.3 Å². The fourth-order valence-electron chi connectivity index (χ4n) is 1.33. The van der Waals surface area contributed by atoms with Gasteiger partial charge in [-0.2, -0.15) is 0 Å². The highest BCUT2D eigenvalue weighted by Crippen LogP contribution is 2.09. The molecule has 0 spiro atoms. The molecule has 0 aliphatic carbocycles. The summed E-state index contributed by atoms with van der Waals surface area (Å²) in [5.41, 5.74) is 1.70. The first-order chi connectivity index (χ1) is 7.29. The predicted octanol–water partition coefficient (Wildman–Crippen LogP) is 2.33. The summed E-state index contributed by atoms with van der Waals surface area (Å²) in [6.45, 7) is 8.51. The summed E-state index contributed by atoms with van der Waals surface area (Å²) in [4.78, 5) is 11.5. The van der Waals surface area contributed by atoms with Crippen molar-refractivity contribution in [1.82, 2.24) is 5.32 Å². The van der Waals surface area contributed by atoms with Gasteiger partial charge in [0.15, 0.2) is 5.78 Å². The molecule has 1 N–H and O–H groups in total. The van der Waals surface area contributed by atoms with Gasteiger partial charge in [0.2, 0.25) is 0 Å². The molecule has 0 saturated carbocycles. The molecule has 0 saturated heterocycles. The first-order valence-electron chi connectivity index (χ1n) is 4.86. The molecule has 1 rings (SSSR count). The number of allylic oxidation sites excluding steroid dienone is 1. The minimum absolute atomic E-state index is 0.0361. The van der Waals surface area contributed by atoms with Gasteiger partial charge >= 0.3 is 0 Å². The van der Waals surface area contributed by atoms with Crippen LogP contribution in [0.25, 0.3) is 0 Å². The summed E-state index contributed by atoms with van der Waals surface area (Å²) in [5.74, 6) is -0.0361. The lowest BCUT2D eigenvalue weighted by Crippen LogP contribution is -2.15. The molecule has 0 aliphatic rings. The molecule has 0 radical (unpaired) electrons. The van der Waals surface area contributed by atoms with Crippen LogP contribution in [0.2, 0.25) is 0 Å². The lowest BCUT2D eigenvalue weighted by molar-refractivity contribution is 0.104. The Bertz CT molecular complexity index is 369. The van der Waals surface area contributed by atoms with Crippen molar-refractivity contribution in [3.8, 4) is 0 Å². The molecule has 2 nitrogen and oxygen atoms in total. The average Bonchev–Trinajstić information content (AvgIpc) is 2.29. The largest absolute Gasteiger partial charge is 0.309 e. The van der Waals surface area contributed by atoms with Gasteiger partial charge in [0.1, 0.15) is 0 Å². The van der Waals surface area contributed by atoms with Crippen LogP contribution in [0.15, 0.2) is 49.6 Å². The van der Waals surface area contributed by atoms with Crippen LogP contribution in [0.3, 0.4) is 0 Å². The van der Waals surface area contributed by atoms with Gasteiger partial charge in [-0.15, -0.1) is 6.58 Å². The van der Waals surface area contributed by atoms with Gasteiger partial charge in [0.05, 0.1) is 0 Å². The van der Waals surface area contributed by atoms with Gasteiger partial charge in [-0.25, -0.2) is 0 Å². The fourth-order valence-corrected chi connectivity index (χ4v) is 1.33. The predicted molar refractivity (Wildman–Crippen MR) is 62.9 cm³/mol. The third kappa shape index (κ3) is 3.18. The van der Waals surface area contributed by atoms with Crippen molar-refractivity contribution in [1.29, 1.82) is 0 Å². The monoisotopic (exact) mass is 201 g/mol. The van der Waals surface area contributed by atoms with E-state index in [2.05, 4.69) is 18.5 Å². The number of rotatable bonds is 6. The van der Waals surface area contributed by atoms with Gasteiger partial charge in [-0.1, -0.05) is 36.9 Å². The minimum atomic E-state index is -0.0361. The number of carbonyl (C=O) groups is 1. The highest BCUT2D eigenvalue weighted by molar-refractivity contribution is 6.05. The van der Waals surface area contributed by atoms with E-state index in [1.54, 1.807) is 6.08 Å². The summed E-state index contributed by atoms with van der Waals surface area (Å²) >= 11 is 0. The number of hydrogen-bond donors (Lipinski definition) is 1. The minimum Gasteiger partial charge on any atom is -0.309 e. The lowest BCUT2D eigenvalue weighted by atomic mass is 10.0. The molecule has 0 bridgehead atoms. The third-order valence-electron chi connectivity index (χ3n) is 2.07. The van der Waals surface area contributed by atoms with Gasteiger partial charge in [-0.3, -0.25) is 4.79 Å². The number of carbonyl (C=O) groups excluding carboxylic acids is 1. The van der Waals surface area contributed by atoms with Crippen LogP contribution in [0, 0.1) is 0 Å². The van der Waals surface area contributed by atoms with Crippen LogP contribution < -0.4 is 5.32 Å². The van der Waals surface area contributed by atoms with Crippen molar-refractivity contribution in [3.63, 3.8) is 0 Å². The molecule has 0 fully saturated rings. The first-order valence-corrected chi connectivity index (χ1v) is 4.86. The zero-order chi connectivity index (χ0) is 11.1. The lowest BCUT2D eigenvalue weighted by Gasteiger charge is -2.06. The number of hydrogen-bond acceptors (Lipinski definition) is 2. The molecular weight excluding hydrogens is 186 g/mol. The van der Waals surface area contributed by atoms with Crippen LogP contribution in [-0.2, 0) is 6.54 Å². The van der Waals surface area contributed by atoms with E-state index >= 15 is 0 Å². The van der Waals surface area contributed by atoms with Gasteiger partial charge in [0.25, 0.3) is 0 Å². The molecule has 0 aliphatic heterocycles. The van der Waals surface area contributed by atoms with Gasteiger partial charge < -0.3 is 5.32 Å². The Hall–Kier alpha value is -1.67. The molecule has 0 amide bonds. The SMILES string of the molecule is C=CCNCc1ccccc1C(=O)C=C. The zero-order valence-electron chi connectivity index (χ0n) is 8.70. The smallest absolute Gasteiger partial charge is 0.185 e. The second-order valence-electron chi connectivity index (χ2n) is 3.15. The number of benzene rings is 1. The molecule has 78 valence electrons. The molecule has 15 heavy (non-hydrogen) atoms. The molecule has 0 heterocycles. The topological polar surface area (TPSA) is 29.1 Å². The molecule has 0 unspecified atom stereocenters. The van der Waals surface area contributed by atoms with Crippen molar-refractivity contribution in [2.24, 2.45) is 0 Å². The summed E-state index contributed by atoms with van der Waals surface area (Å²) < 4.78 is 0. The standard InChI is InChI=1S/C13H15NO/c1-3-9-14-10-11-7-5-6-8-12(11)13(15)4-2/h3-8,14H,1-2,9-10H2. The van der Waals surface area contributed by atoms with Crippen LogP contribution >= 0.6 is 0 Å². The quantitative estimate of drug-likeness (QED) is 0.331. The average molecular weight is 201 g/mol. The summed E-state index contributed by atoms with van der Waals surface area (Å²) in [5, 5.41) is 3.17. The molecule has 2 heteroatoms. The second-order valence-corrected chi connectivity index (χ2v) is 3.15. The van der Waals surface area contributed by atoms with E-state index in [0.717, 1.165) is 12.1 Å². The second kappa shape index (κ2) is 5.94. The maximum Gasteiger partial charge on any atom is 0.185 e. The number of nitrogens with one attached hydrogen (secondary N) is 1. The fraction of sp³-hybridized carbons (Fsp3) is 0.154. The van der Waals surface area contributed by atoms with Gasteiger partial charge in [-0.05, 0) is 11.6 Å². The van der Waals surface area contributed by atoms with Crippen molar-refractivity contribution in [3.05, 3.63) is 60.7 Å². The van der Waals surface area contributed by atoms with E-state index in [4.69, 9.17) is 0 Å². The highest BCUT2D eigenvalue weighted by atomic mass is 16.1. The third-order valence-corrected chi connectivity index (χ3v) is 2.07. The Kier molecular flexibility index (Phi) is 4.51. The van der Waals surface area contributed by atoms with Crippen molar-refractivity contribution in [2.75, 3.05) is 6.54 Å². The molecular formula is C13H15NO. The van der Waals surface area contributed by atoms with Gasteiger partial charge in [0, 0.05) is 18.7 Å². The van der Waals surface area contributed by atoms with Crippen LogP contribution in [0.1, 0.15) is 15.9 Å². The van der Waals surface area contributed by atoms with E-state index in [1.165, 1.54) is 6.08 Å². The Balaban J connectivity index is 2.81. The Morgan fingerprint density at radius 1 is 1.33 bits per heavy atom. The summed E-state index contributed by atoms with van der Waals surface area (Å²) in [7, 11) is 0. The zero-order valence-corrected chi connectivity index (χ0v) is 8.70. The maximum atomic E-state index is 11.5. The Morgan fingerprint density at radius 2 is 2.07 bits per heavy atom. The van der Waals surface area contributed by atoms with Crippen molar-refractivity contribution in [2.45, 2.75) is 6.54 Å². The molecule has 0 aromatic heterocycles. The van der Waals surface area contributed by atoms with Crippen molar-refractivity contribution < 1.29 is 4.79 Å². The number of ketones is 1. The summed E-state index contributed by atoms with van der Waals surface area (Å²) in [6.07, 6.45) is 3.13. The Labute approximate surface area is 90.3 Å². The molecule has 1 aromatic rings. The van der Waals surface area contributed by atoms with E-state index in [0.29, 0.717) is 12.1 Å². The van der Waals surface area contributed by atoms with E-state index < -0.39 is 0 Å². The van der Waals surface area contributed by atoms with E-state index in [-0.39, 0.29) is 5.78 Å². The van der Waals surface area contributed by atoms with Crippen LogP contribution in [0.4, 0.5) is 0 Å². The molecule has 1 aromatic carbocycles. The van der Waals surface area contributed by atoms with Crippen molar-refractivity contribution >= 4 is 5.78 Å². The normalized spacial score (nSPS) is 9.60. The summed E-state index contributed by atoms with van der Waals surface area (Å²) in [6, 6.07) is 7.53. The van der Waals surface area contributed by atoms with Crippen LogP contribution in [0.5, 0.6) is 0 Å². The Morgan fingerprint density at radius 3 is 2.73 bits per heavy atom.